The first-order valence-corrected chi connectivity index (χ1v) is 7.74. The van der Waals surface area contributed by atoms with Crippen LogP contribution in [0.3, 0.4) is 0 Å². The summed E-state index contributed by atoms with van der Waals surface area (Å²) in [6.07, 6.45) is 1.67. The number of hydrogen-bond acceptors (Lipinski definition) is 5. The van der Waals surface area contributed by atoms with E-state index in [1.54, 1.807) is 23.1 Å². The summed E-state index contributed by atoms with van der Waals surface area (Å²) in [4.78, 5) is 25.6. The third-order valence-electron chi connectivity index (χ3n) is 3.85. The van der Waals surface area contributed by atoms with Gasteiger partial charge in [0.2, 0.25) is 5.91 Å². The highest BCUT2D eigenvalue weighted by Crippen LogP contribution is 2.28. The maximum absolute atomic E-state index is 12.3. The lowest BCUT2D eigenvalue weighted by Crippen LogP contribution is -2.40. The van der Waals surface area contributed by atoms with Gasteiger partial charge in [0.1, 0.15) is 12.4 Å². The molecule has 1 saturated heterocycles. The lowest BCUT2D eigenvalue weighted by Gasteiger charge is -2.23. The first-order valence-electron chi connectivity index (χ1n) is 7.74. The van der Waals surface area contributed by atoms with Gasteiger partial charge in [0.15, 0.2) is 0 Å². The van der Waals surface area contributed by atoms with Gasteiger partial charge >= 0.3 is 6.03 Å². The van der Waals surface area contributed by atoms with E-state index >= 15 is 0 Å². The molecule has 0 spiro atoms. The zero-order valence-corrected chi connectivity index (χ0v) is 13.9. The molecular weight excluding hydrogens is 314 g/mol. The maximum atomic E-state index is 12.3. The fraction of sp³-hybridized carbons (Fsp3) is 0.500. The summed E-state index contributed by atoms with van der Waals surface area (Å²) < 4.78 is 9.99. The fourth-order valence-electron chi connectivity index (χ4n) is 2.69. The van der Waals surface area contributed by atoms with Crippen LogP contribution in [0, 0.1) is 0 Å². The van der Waals surface area contributed by atoms with E-state index in [1.807, 2.05) is 0 Å². The molecule has 24 heavy (non-hydrogen) atoms. The van der Waals surface area contributed by atoms with E-state index in [-0.39, 0.29) is 31.2 Å². The largest absolute Gasteiger partial charge is 0.495 e. The first kappa shape index (κ1) is 18.0. The van der Waals surface area contributed by atoms with Gasteiger partial charge in [-0.25, -0.2) is 4.79 Å². The molecule has 1 aliphatic rings. The number of ether oxygens (including phenoxy) is 2. The highest BCUT2D eigenvalue weighted by Gasteiger charge is 2.28. The second-order valence-corrected chi connectivity index (χ2v) is 5.50. The topological polar surface area (TPSA) is 100 Å². The molecule has 1 atom stereocenters. The van der Waals surface area contributed by atoms with E-state index in [0.29, 0.717) is 23.7 Å². The molecule has 8 heteroatoms. The molecule has 0 saturated carbocycles. The summed E-state index contributed by atoms with van der Waals surface area (Å²) in [5.74, 6) is 0.158. The van der Waals surface area contributed by atoms with Gasteiger partial charge in [-0.2, -0.15) is 0 Å². The molecule has 0 radical (unpaired) electrons. The number of aliphatic hydroxyl groups excluding tert-OH is 1. The van der Waals surface area contributed by atoms with E-state index in [0.717, 1.165) is 12.8 Å². The number of nitrogens with one attached hydrogen (secondary N) is 2. The van der Waals surface area contributed by atoms with Gasteiger partial charge in [-0.1, -0.05) is 0 Å². The summed E-state index contributed by atoms with van der Waals surface area (Å²) >= 11 is 0. The summed E-state index contributed by atoms with van der Waals surface area (Å²) in [6.45, 7) is 0.491. The van der Waals surface area contributed by atoms with Crippen molar-refractivity contribution < 1.29 is 24.2 Å². The molecular formula is C16H23N3O5. The predicted molar refractivity (Wildman–Crippen MR) is 89.3 cm³/mol. The predicted octanol–water partition coefficient (Wildman–Crippen LogP) is 1.27. The summed E-state index contributed by atoms with van der Waals surface area (Å²) in [7, 11) is 2.93. The number of aliphatic hydroxyl groups is 1. The van der Waals surface area contributed by atoms with E-state index in [4.69, 9.17) is 9.47 Å². The number of carbonyl (C=O) groups excluding carboxylic acids is 2. The Hall–Kier alpha value is -2.32. The number of amides is 3. The quantitative estimate of drug-likeness (QED) is 0.726. The third-order valence-corrected chi connectivity index (χ3v) is 3.85. The summed E-state index contributed by atoms with van der Waals surface area (Å²) in [6, 6.07) is 4.54. The van der Waals surface area contributed by atoms with Gasteiger partial charge < -0.3 is 30.1 Å². The van der Waals surface area contributed by atoms with Gasteiger partial charge in [0.25, 0.3) is 0 Å². The Morgan fingerprint density at radius 2 is 2.12 bits per heavy atom. The molecule has 2 rings (SSSR count). The van der Waals surface area contributed by atoms with Crippen molar-refractivity contribution in [3.8, 4) is 5.75 Å². The molecule has 1 aliphatic heterocycles. The van der Waals surface area contributed by atoms with Crippen LogP contribution >= 0.6 is 0 Å². The van der Waals surface area contributed by atoms with Crippen molar-refractivity contribution in [1.82, 2.24) is 4.90 Å². The van der Waals surface area contributed by atoms with E-state index < -0.39 is 0 Å². The number of benzene rings is 1. The zero-order valence-electron chi connectivity index (χ0n) is 13.9. The number of likely N-dealkylation sites (tertiary alicyclic amines) is 1. The molecule has 3 N–H and O–H groups in total. The van der Waals surface area contributed by atoms with Gasteiger partial charge in [-0.05, 0) is 31.0 Å². The lowest BCUT2D eigenvalue weighted by molar-refractivity contribution is -0.119. The van der Waals surface area contributed by atoms with Crippen LogP contribution in [0.1, 0.15) is 12.8 Å². The summed E-state index contributed by atoms with van der Waals surface area (Å²) in [5.41, 5.74) is 0.967. The molecule has 0 bridgehead atoms. The van der Waals surface area contributed by atoms with E-state index in [2.05, 4.69) is 10.6 Å². The van der Waals surface area contributed by atoms with Gasteiger partial charge in [0.05, 0.1) is 25.4 Å². The van der Waals surface area contributed by atoms with Crippen LogP contribution in [-0.4, -0.2) is 62.0 Å². The highest BCUT2D eigenvalue weighted by atomic mass is 16.5. The van der Waals surface area contributed by atoms with E-state index in [9.17, 15) is 14.7 Å². The molecule has 0 aliphatic carbocycles. The van der Waals surface area contributed by atoms with Gasteiger partial charge in [0, 0.05) is 19.3 Å². The number of methoxy groups -OCH3 is 2. The Balaban J connectivity index is 2.10. The lowest BCUT2D eigenvalue weighted by atomic mass is 10.2. The number of nitrogens with zero attached hydrogens (tertiary/aromatic N) is 1. The minimum Gasteiger partial charge on any atom is -0.495 e. The smallest absolute Gasteiger partial charge is 0.322 e. The van der Waals surface area contributed by atoms with Crippen LogP contribution in [0.2, 0.25) is 0 Å². The number of anilines is 2. The highest BCUT2D eigenvalue weighted by molar-refractivity contribution is 5.95. The maximum Gasteiger partial charge on any atom is 0.322 e. The van der Waals surface area contributed by atoms with Crippen molar-refractivity contribution >= 4 is 23.3 Å². The molecule has 0 aromatic heterocycles. The van der Waals surface area contributed by atoms with Gasteiger partial charge in [-0.15, -0.1) is 0 Å². The standard InChI is InChI=1S/C16H23N3O5/c1-23-10-15(21)18-13-8-11(5-6-14(13)24-2)17-16(22)19-7-3-4-12(19)9-20/h5-6,8,12,20H,3-4,7,9-10H2,1-2H3,(H,17,22)(H,18,21)/t12-/m1/s1. The Kier molecular flexibility index (Phi) is 6.39. The van der Waals surface area contributed by atoms with Crippen molar-refractivity contribution in [3.63, 3.8) is 0 Å². The van der Waals surface area contributed by atoms with Crippen LogP contribution in [0.5, 0.6) is 5.75 Å². The molecule has 8 nitrogen and oxygen atoms in total. The molecule has 1 fully saturated rings. The molecule has 1 aromatic rings. The van der Waals surface area contributed by atoms with Crippen molar-refractivity contribution in [2.75, 3.05) is 44.6 Å². The minimum absolute atomic E-state index is 0.0473. The average molecular weight is 337 g/mol. The van der Waals surface area contributed by atoms with Crippen molar-refractivity contribution in [2.24, 2.45) is 0 Å². The van der Waals surface area contributed by atoms with E-state index in [1.165, 1.54) is 14.2 Å². The molecule has 1 heterocycles. The number of rotatable bonds is 6. The Labute approximate surface area is 140 Å². The Bertz CT molecular complexity index is 593. The fourth-order valence-corrected chi connectivity index (χ4v) is 2.69. The first-order chi connectivity index (χ1) is 11.6. The second kappa shape index (κ2) is 8.51. The monoisotopic (exact) mass is 337 g/mol. The number of hydrogen-bond donors (Lipinski definition) is 3. The third kappa shape index (κ3) is 4.36. The number of carbonyl (C=O) groups is 2. The van der Waals surface area contributed by atoms with Crippen LogP contribution in [0.4, 0.5) is 16.2 Å². The van der Waals surface area contributed by atoms with Gasteiger partial charge in [-0.3, -0.25) is 4.79 Å². The normalized spacial score (nSPS) is 16.8. The molecule has 132 valence electrons. The van der Waals surface area contributed by atoms with Crippen LogP contribution < -0.4 is 15.4 Å². The molecule has 3 amide bonds. The van der Waals surface area contributed by atoms with Crippen molar-refractivity contribution in [2.45, 2.75) is 18.9 Å². The Morgan fingerprint density at radius 3 is 2.79 bits per heavy atom. The van der Waals surface area contributed by atoms with Crippen molar-refractivity contribution in [1.29, 1.82) is 0 Å². The average Bonchev–Trinajstić information content (AvgIpc) is 3.04. The van der Waals surface area contributed by atoms with Crippen LogP contribution in [0.25, 0.3) is 0 Å². The van der Waals surface area contributed by atoms with Crippen LogP contribution in [0.15, 0.2) is 18.2 Å². The molecule has 0 unspecified atom stereocenters. The van der Waals surface area contributed by atoms with Crippen LogP contribution in [-0.2, 0) is 9.53 Å². The summed E-state index contributed by atoms with van der Waals surface area (Å²) in [5, 5.41) is 14.8. The zero-order chi connectivity index (χ0) is 17.5. The number of urea groups is 1. The molecule has 1 aromatic carbocycles. The SMILES string of the molecule is COCC(=O)Nc1cc(NC(=O)N2CCC[C@@H]2CO)ccc1OC. The minimum atomic E-state index is -0.320. The Morgan fingerprint density at radius 1 is 1.33 bits per heavy atom. The second-order valence-electron chi connectivity index (χ2n) is 5.50. The van der Waals surface area contributed by atoms with Crippen molar-refractivity contribution in [3.05, 3.63) is 18.2 Å².